The van der Waals surface area contributed by atoms with E-state index >= 15 is 0 Å². The van der Waals surface area contributed by atoms with Crippen molar-refractivity contribution in [1.29, 1.82) is 0 Å². The quantitative estimate of drug-likeness (QED) is 0.367. The summed E-state index contributed by atoms with van der Waals surface area (Å²) in [5.74, 6) is 1.78. The highest BCUT2D eigenvalue weighted by atomic mass is 32.1. The summed E-state index contributed by atoms with van der Waals surface area (Å²) >= 11 is 5.86. The Balaban J connectivity index is 1.54. The third-order valence-electron chi connectivity index (χ3n) is 6.54. The highest BCUT2D eigenvalue weighted by Crippen LogP contribution is 2.41. The molecular weight excluding hydrogens is 444 g/mol. The number of furan rings is 1. The smallest absolute Gasteiger partial charge is 0.170 e. The monoisotopic (exact) mass is 472 g/mol. The zero-order valence-corrected chi connectivity index (χ0v) is 20.4. The Hall–Kier alpha value is -3.58. The van der Waals surface area contributed by atoms with E-state index in [1.807, 2.05) is 42.6 Å². The average molecular weight is 473 g/mol. The number of nitrogens with one attached hydrogen (secondary N) is 1. The van der Waals surface area contributed by atoms with Crippen LogP contribution < -0.4 is 10.1 Å². The number of aromatic nitrogens is 2. The Morgan fingerprint density at radius 1 is 1.06 bits per heavy atom. The first kappa shape index (κ1) is 22.2. The van der Waals surface area contributed by atoms with Gasteiger partial charge in [-0.1, -0.05) is 18.2 Å². The summed E-state index contributed by atoms with van der Waals surface area (Å²) in [6, 6.07) is 20.3. The molecule has 0 radical (unpaired) electrons. The zero-order valence-electron chi connectivity index (χ0n) is 19.6. The summed E-state index contributed by atoms with van der Waals surface area (Å²) in [6.45, 7) is 5.70. The molecular formula is C27H28N4O2S. The van der Waals surface area contributed by atoms with Crippen LogP contribution in [-0.4, -0.2) is 26.7 Å². The molecule has 1 aliphatic heterocycles. The molecule has 2 unspecified atom stereocenters. The predicted molar refractivity (Wildman–Crippen MR) is 136 cm³/mol. The van der Waals surface area contributed by atoms with Crippen molar-refractivity contribution >= 4 is 17.3 Å². The van der Waals surface area contributed by atoms with Crippen LogP contribution in [0.5, 0.6) is 5.75 Å². The number of ether oxygens (including phenoxy) is 1. The Kier molecular flexibility index (Phi) is 6.11. The molecule has 3 aromatic heterocycles. The van der Waals surface area contributed by atoms with Crippen molar-refractivity contribution in [2.24, 2.45) is 0 Å². The van der Waals surface area contributed by atoms with Gasteiger partial charge in [0.1, 0.15) is 11.5 Å². The van der Waals surface area contributed by atoms with Crippen LogP contribution >= 0.6 is 12.2 Å². The second-order valence-electron chi connectivity index (χ2n) is 8.59. The van der Waals surface area contributed by atoms with E-state index in [4.69, 9.17) is 21.4 Å². The van der Waals surface area contributed by atoms with Crippen molar-refractivity contribution in [2.45, 2.75) is 39.0 Å². The number of hydrogen-bond acceptors (Lipinski definition) is 4. The molecule has 4 heterocycles. The topological polar surface area (TPSA) is 55.5 Å². The first-order valence-electron chi connectivity index (χ1n) is 11.3. The number of thiocarbonyl (C=S) groups is 1. The lowest BCUT2D eigenvalue weighted by Gasteiger charge is -2.28. The van der Waals surface area contributed by atoms with Gasteiger partial charge in [-0.05, 0) is 79.7 Å². The largest absolute Gasteiger partial charge is 0.497 e. The van der Waals surface area contributed by atoms with Crippen molar-refractivity contribution in [3.63, 3.8) is 0 Å². The van der Waals surface area contributed by atoms with Gasteiger partial charge < -0.3 is 23.9 Å². The lowest BCUT2D eigenvalue weighted by Crippen LogP contribution is -2.29. The van der Waals surface area contributed by atoms with Gasteiger partial charge in [-0.15, -0.1) is 0 Å². The molecule has 2 atom stereocenters. The lowest BCUT2D eigenvalue weighted by atomic mass is 9.96. The molecule has 1 saturated heterocycles. The molecule has 0 amide bonds. The Labute approximate surface area is 205 Å². The van der Waals surface area contributed by atoms with Crippen LogP contribution in [0, 0.1) is 13.8 Å². The molecule has 1 aliphatic rings. The van der Waals surface area contributed by atoms with Crippen LogP contribution in [0.3, 0.4) is 0 Å². The highest BCUT2D eigenvalue weighted by molar-refractivity contribution is 7.80. The number of rotatable bonds is 7. The molecule has 0 saturated carbocycles. The number of pyridine rings is 1. The second-order valence-corrected chi connectivity index (χ2v) is 8.98. The molecule has 0 aliphatic carbocycles. The normalized spacial score (nSPS) is 17.7. The maximum Gasteiger partial charge on any atom is 0.170 e. The standard InChI is InChI=1S/C27H28N4O2S/c1-18-15-23(19(2)30(18)17-22-7-6-14-33-22)26-25(24-8-4-5-13-28-24)29-27(34)31(26)16-20-9-11-21(32-3)12-10-20/h4-15,25-26H,16-17H2,1-3H3,(H,29,34). The number of methoxy groups -OCH3 is 1. The highest BCUT2D eigenvalue weighted by Gasteiger charge is 2.41. The van der Waals surface area contributed by atoms with Crippen LogP contribution in [-0.2, 0) is 13.1 Å². The van der Waals surface area contributed by atoms with Gasteiger partial charge in [0, 0.05) is 24.1 Å². The fraction of sp³-hybridized carbons (Fsp3) is 0.259. The minimum Gasteiger partial charge on any atom is -0.497 e. The second kappa shape index (κ2) is 9.35. The van der Waals surface area contributed by atoms with Crippen LogP contribution in [0.2, 0.25) is 0 Å². The van der Waals surface area contributed by atoms with E-state index in [0.29, 0.717) is 13.1 Å². The molecule has 6 nitrogen and oxygen atoms in total. The van der Waals surface area contributed by atoms with Gasteiger partial charge in [0.05, 0.1) is 37.7 Å². The van der Waals surface area contributed by atoms with Crippen molar-refractivity contribution in [2.75, 3.05) is 7.11 Å². The molecule has 0 spiro atoms. The van der Waals surface area contributed by atoms with Gasteiger partial charge in [-0.25, -0.2) is 0 Å². The van der Waals surface area contributed by atoms with Crippen LogP contribution in [0.15, 0.2) is 77.5 Å². The third-order valence-corrected chi connectivity index (χ3v) is 6.89. The number of nitrogens with zero attached hydrogens (tertiary/aromatic N) is 3. The van der Waals surface area contributed by atoms with Crippen molar-refractivity contribution in [3.05, 3.63) is 107 Å². The van der Waals surface area contributed by atoms with E-state index in [1.54, 1.807) is 13.4 Å². The van der Waals surface area contributed by atoms with E-state index in [1.165, 1.54) is 22.5 Å². The van der Waals surface area contributed by atoms with Crippen molar-refractivity contribution < 1.29 is 9.15 Å². The van der Waals surface area contributed by atoms with Gasteiger partial charge in [-0.3, -0.25) is 4.98 Å². The number of aryl methyl sites for hydroxylation is 1. The summed E-state index contributed by atoms with van der Waals surface area (Å²) in [5, 5.41) is 4.28. The van der Waals surface area contributed by atoms with E-state index in [9.17, 15) is 0 Å². The summed E-state index contributed by atoms with van der Waals surface area (Å²) in [5.41, 5.74) is 5.77. The molecule has 1 N–H and O–H groups in total. The molecule has 5 rings (SSSR count). The van der Waals surface area contributed by atoms with Crippen molar-refractivity contribution in [1.82, 2.24) is 19.8 Å². The maximum atomic E-state index is 5.86. The van der Waals surface area contributed by atoms with Gasteiger partial charge in [0.25, 0.3) is 0 Å². The van der Waals surface area contributed by atoms with Gasteiger partial charge >= 0.3 is 0 Å². The number of benzene rings is 1. The fourth-order valence-electron chi connectivity index (χ4n) is 4.77. The first-order chi connectivity index (χ1) is 16.5. The van der Waals surface area contributed by atoms with E-state index in [0.717, 1.165) is 22.3 Å². The first-order valence-corrected chi connectivity index (χ1v) is 11.8. The SMILES string of the molecule is COc1ccc(CN2C(=S)NC(c3ccccn3)C2c2cc(C)n(Cc3ccco3)c2C)cc1. The minimum absolute atomic E-state index is 0.000975. The minimum atomic E-state index is -0.0514. The summed E-state index contributed by atoms with van der Waals surface area (Å²) in [6.07, 6.45) is 3.56. The molecule has 174 valence electrons. The molecule has 7 heteroatoms. The molecule has 4 aromatic rings. The van der Waals surface area contributed by atoms with Crippen LogP contribution in [0.25, 0.3) is 0 Å². The van der Waals surface area contributed by atoms with Gasteiger partial charge in [-0.2, -0.15) is 0 Å². The summed E-state index contributed by atoms with van der Waals surface area (Å²) in [7, 11) is 1.68. The molecule has 1 aromatic carbocycles. The molecule has 34 heavy (non-hydrogen) atoms. The Morgan fingerprint density at radius 2 is 1.88 bits per heavy atom. The van der Waals surface area contributed by atoms with E-state index < -0.39 is 0 Å². The molecule has 0 bridgehead atoms. The fourth-order valence-corrected chi connectivity index (χ4v) is 5.08. The van der Waals surface area contributed by atoms with Gasteiger partial charge in [0.15, 0.2) is 5.11 Å². The summed E-state index contributed by atoms with van der Waals surface area (Å²) in [4.78, 5) is 6.94. The van der Waals surface area contributed by atoms with Crippen LogP contribution in [0.4, 0.5) is 0 Å². The van der Waals surface area contributed by atoms with Crippen LogP contribution in [0.1, 0.15) is 46.1 Å². The molecule has 1 fully saturated rings. The van der Waals surface area contributed by atoms with E-state index in [2.05, 4.69) is 57.9 Å². The maximum absolute atomic E-state index is 5.86. The third kappa shape index (κ3) is 4.19. The van der Waals surface area contributed by atoms with Gasteiger partial charge in [0.2, 0.25) is 0 Å². The Morgan fingerprint density at radius 3 is 2.56 bits per heavy atom. The van der Waals surface area contributed by atoms with E-state index in [-0.39, 0.29) is 12.1 Å². The lowest BCUT2D eigenvalue weighted by molar-refractivity contribution is 0.309. The average Bonchev–Trinajstić information content (AvgIpc) is 3.56. The number of hydrogen-bond donors (Lipinski definition) is 1. The zero-order chi connectivity index (χ0) is 23.7. The predicted octanol–water partition coefficient (Wildman–Crippen LogP) is 5.32. The summed E-state index contributed by atoms with van der Waals surface area (Å²) < 4.78 is 13.3. The van der Waals surface area contributed by atoms with Crippen molar-refractivity contribution in [3.8, 4) is 5.75 Å². The Bertz CT molecular complexity index is 1270.